The third-order valence-electron chi connectivity index (χ3n) is 3.58. The van der Waals surface area contributed by atoms with Gasteiger partial charge in [0.15, 0.2) is 6.04 Å². The third kappa shape index (κ3) is 4.20. The summed E-state index contributed by atoms with van der Waals surface area (Å²) in [6.45, 7) is 0. The van der Waals surface area contributed by atoms with Gasteiger partial charge in [-0.3, -0.25) is 19.8 Å². The molecule has 0 aliphatic heterocycles. The van der Waals surface area contributed by atoms with Gasteiger partial charge in [0.1, 0.15) is 0 Å². The van der Waals surface area contributed by atoms with Crippen LogP contribution >= 0.6 is 0 Å². The normalized spacial score (nSPS) is 11.3. The summed E-state index contributed by atoms with van der Waals surface area (Å²) < 4.78 is 0. The summed E-state index contributed by atoms with van der Waals surface area (Å²) >= 11 is 0. The first kappa shape index (κ1) is 18.6. The summed E-state index contributed by atoms with van der Waals surface area (Å²) in [5.74, 6) is -2.00. The van der Waals surface area contributed by atoms with Crippen molar-refractivity contribution in [2.45, 2.75) is 6.04 Å². The molecule has 3 amide bonds. The number of imide groups is 1. The van der Waals surface area contributed by atoms with Crippen LogP contribution < -0.4 is 5.32 Å². The van der Waals surface area contributed by atoms with Gasteiger partial charge >= 0.3 is 12.0 Å². The predicted octanol–water partition coefficient (Wildman–Crippen LogP) is 2.20. The van der Waals surface area contributed by atoms with Crippen LogP contribution in [0.15, 0.2) is 54.6 Å². The molecule has 2 aromatic carbocycles. The number of carbonyl (C=O) groups excluding carboxylic acids is 2. The first-order valence-corrected chi connectivity index (χ1v) is 7.42. The summed E-state index contributed by atoms with van der Waals surface area (Å²) in [5.41, 5.74) is 0.216. The number of nitrogens with one attached hydrogen (secondary N) is 1. The molecule has 0 fully saturated rings. The number of rotatable bonds is 5. The highest BCUT2D eigenvalue weighted by Gasteiger charge is 2.26. The lowest BCUT2D eigenvalue weighted by molar-refractivity contribution is -0.384. The van der Waals surface area contributed by atoms with Crippen LogP contribution in [-0.4, -0.2) is 39.9 Å². The molecule has 134 valence electrons. The molecule has 0 heterocycles. The topological polar surface area (TPSA) is 130 Å². The summed E-state index contributed by atoms with van der Waals surface area (Å²) in [6, 6.07) is 10.5. The minimum absolute atomic E-state index is 0.0554. The molecular weight excluding hydrogens is 342 g/mol. The number of nitro benzene ring substituents is 1. The van der Waals surface area contributed by atoms with Gasteiger partial charge in [-0.1, -0.05) is 30.3 Å². The summed E-state index contributed by atoms with van der Waals surface area (Å²) in [7, 11) is 1.18. The quantitative estimate of drug-likeness (QED) is 0.623. The zero-order valence-electron chi connectivity index (χ0n) is 13.7. The van der Waals surface area contributed by atoms with E-state index < -0.39 is 28.9 Å². The molecule has 2 aromatic rings. The molecule has 9 nitrogen and oxygen atoms in total. The van der Waals surface area contributed by atoms with Crippen molar-refractivity contribution in [1.29, 1.82) is 0 Å². The Morgan fingerprint density at radius 3 is 2.15 bits per heavy atom. The number of carboxylic acids is 1. The lowest BCUT2D eigenvalue weighted by Crippen LogP contribution is -2.44. The molecule has 2 rings (SSSR count). The number of nitro groups is 1. The molecule has 1 unspecified atom stereocenters. The highest BCUT2D eigenvalue weighted by Crippen LogP contribution is 2.15. The second-order valence-corrected chi connectivity index (χ2v) is 5.30. The summed E-state index contributed by atoms with van der Waals surface area (Å²) in [4.78, 5) is 46.7. The van der Waals surface area contributed by atoms with Gasteiger partial charge in [0.25, 0.3) is 11.6 Å². The fraction of sp³-hybridized carbons (Fsp3) is 0.118. The van der Waals surface area contributed by atoms with E-state index in [1.165, 1.54) is 31.3 Å². The lowest BCUT2D eigenvalue weighted by Gasteiger charge is -2.20. The maximum Gasteiger partial charge on any atom is 0.330 e. The molecule has 0 spiro atoms. The van der Waals surface area contributed by atoms with Crippen LogP contribution in [0.5, 0.6) is 0 Å². The Morgan fingerprint density at radius 2 is 1.65 bits per heavy atom. The second kappa shape index (κ2) is 7.88. The van der Waals surface area contributed by atoms with E-state index in [1.807, 2.05) is 0 Å². The average Bonchev–Trinajstić information content (AvgIpc) is 2.65. The maximum atomic E-state index is 12.3. The van der Waals surface area contributed by atoms with Gasteiger partial charge in [0, 0.05) is 24.7 Å². The predicted molar refractivity (Wildman–Crippen MR) is 90.5 cm³/mol. The number of amides is 3. The largest absolute Gasteiger partial charge is 0.479 e. The minimum atomic E-state index is -1.32. The van der Waals surface area contributed by atoms with Crippen molar-refractivity contribution < 1.29 is 24.4 Å². The number of carboxylic acid groups (broad SMARTS) is 1. The third-order valence-corrected chi connectivity index (χ3v) is 3.58. The van der Waals surface area contributed by atoms with Crippen LogP contribution in [0.1, 0.15) is 22.0 Å². The monoisotopic (exact) mass is 357 g/mol. The van der Waals surface area contributed by atoms with Crippen molar-refractivity contribution in [3.8, 4) is 0 Å². The number of aliphatic carboxylic acids is 1. The Balaban J connectivity index is 2.13. The number of hydrogen-bond donors (Lipinski definition) is 2. The molecule has 26 heavy (non-hydrogen) atoms. The van der Waals surface area contributed by atoms with E-state index in [-0.39, 0.29) is 11.3 Å². The van der Waals surface area contributed by atoms with Gasteiger partial charge in [-0.25, -0.2) is 9.59 Å². The maximum absolute atomic E-state index is 12.3. The van der Waals surface area contributed by atoms with Crippen LogP contribution in [-0.2, 0) is 4.79 Å². The number of urea groups is 1. The SMILES string of the molecule is CN(C(=O)NC(C(=O)O)c1ccccc1)C(=O)c1ccc([N+](=O)[O-])cc1. The molecule has 0 saturated heterocycles. The Kier molecular flexibility index (Phi) is 5.63. The fourth-order valence-electron chi connectivity index (χ4n) is 2.17. The van der Waals surface area contributed by atoms with Crippen LogP contribution in [0.2, 0.25) is 0 Å². The molecule has 0 radical (unpaired) electrons. The molecule has 9 heteroatoms. The zero-order valence-corrected chi connectivity index (χ0v) is 13.7. The number of carbonyl (C=O) groups is 3. The lowest BCUT2D eigenvalue weighted by atomic mass is 10.1. The highest BCUT2D eigenvalue weighted by atomic mass is 16.6. The highest BCUT2D eigenvalue weighted by molar-refractivity contribution is 6.04. The number of non-ortho nitro benzene ring substituents is 1. The van der Waals surface area contributed by atoms with Gasteiger partial charge in [0.2, 0.25) is 0 Å². The van der Waals surface area contributed by atoms with Gasteiger partial charge in [-0.05, 0) is 17.7 Å². The second-order valence-electron chi connectivity index (χ2n) is 5.30. The molecule has 0 saturated carbocycles. The van der Waals surface area contributed by atoms with Crippen molar-refractivity contribution in [3.63, 3.8) is 0 Å². The van der Waals surface area contributed by atoms with E-state index >= 15 is 0 Å². The molecule has 2 N–H and O–H groups in total. The Labute approximate surface area is 148 Å². The smallest absolute Gasteiger partial charge is 0.330 e. The molecule has 1 atom stereocenters. The fourth-order valence-corrected chi connectivity index (χ4v) is 2.17. The molecule has 0 aliphatic rings. The number of benzene rings is 2. The molecule has 0 bridgehead atoms. The first-order chi connectivity index (χ1) is 12.3. The van der Waals surface area contributed by atoms with E-state index in [0.29, 0.717) is 10.5 Å². The van der Waals surface area contributed by atoms with Crippen molar-refractivity contribution in [2.75, 3.05) is 7.05 Å². The van der Waals surface area contributed by atoms with Crippen molar-refractivity contribution >= 4 is 23.6 Å². The standard InChI is InChI=1S/C17H15N3O6/c1-19(15(21)12-7-9-13(10-8-12)20(25)26)17(24)18-14(16(22)23)11-5-3-2-4-6-11/h2-10,14H,1H3,(H,18,24)(H,22,23). The Morgan fingerprint density at radius 1 is 1.08 bits per heavy atom. The average molecular weight is 357 g/mol. The van der Waals surface area contributed by atoms with Crippen molar-refractivity contribution in [2.24, 2.45) is 0 Å². The minimum Gasteiger partial charge on any atom is -0.479 e. The molecule has 0 aliphatic carbocycles. The van der Waals surface area contributed by atoms with Crippen LogP contribution in [0, 0.1) is 10.1 Å². The van der Waals surface area contributed by atoms with Crippen LogP contribution in [0.25, 0.3) is 0 Å². The summed E-state index contributed by atoms with van der Waals surface area (Å²) in [5, 5.41) is 22.2. The van der Waals surface area contributed by atoms with Gasteiger partial charge in [-0.2, -0.15) is 0 Å². The van der Waals surface area contributed by atoms with E-state index in [4.69, 9.17) is 0 Å². The van der Waals surface area contributed by atoms with E-state index in [0.717, 1.165) is 12.1 Å². The van der Waals surface area contributed by atoms with Gasteiger partial charge in [-0.15, -0.1) is 0 Å². The van der Waals surface area contributed by atoms with Crippen molar-refractivity contribution in [1.82, 2.24) is 10.2 Å². The first-order valence-electron chi connectivity index (χ1n) is 7.42. The van der Waals surface area contributed by atoms with Crippen LogP contribution in [0.4, 0.5) is 10.5 Å². The van der Waals surface area contributed by atoms with E-state index in [9.17, 15) is 29.6 Å². The molecule has 0 aromatic heterocycles. The van der Waals surface area contributed by atoms with Gasteiger partial charge in [0.05, 0.1) is 4.92 Å². The number of nitrogens with zero attached hydrogens (tertiary/aromatic N) is 2. The summed E-state index contributed by atoms with van der Waals surface area (Å²) in [6.07, 6.45) is 0. The zero-order chi connectivity index (χ0) is 19.3. The van der Waals surface area contributed by atoms with E-state index in [1.54, 1.807) is 18.2 Å². The van der Waals surface area contributed by atoms with E-state index in [2.05, 4.69) is 5.32 Å². The van der Waals surface area contributed by atoms with Crippen LogP contribution in [0.3, 0.4) is 0 Å². The Bertz CT molecular complexity index is 835. The Hall–Kier alpha value is -3.75. The molecular formula is C17H15N3O6. The van der Waals surface area contributed by atoms with Crippen molar-refractivity contribution in [3.05, 3.63) is 75.8 Å². The van der Waals surface area contributed by atoms with Gasteiger partial charge < -0.3 is 10.4 Å². The number of hydrogen-bond acceptors (Lipinski definition) is 5.